The zero-order valence-electron chi connectivity index (χ0n) is 4.60. The first-order valence-electron chi connectivity index (χ1n) is 2.47. The zero-order valence-corrected chi connectivity index (χ0v) is 4.60. The Kier molecular flexibility index (Phi) is 1.58. The van der Waals surface area contributed by atoms with Crippen LogP contribution in [0.3, 0.4) is 0 Å². The Balaban J connectivity index is 2.98. The monoisotopic (exact) mass is 123 g/mol. The lowest BCUT2D eigenvalue weighted by molar-refractivity contribution is 0.0835. The first-order chi connectivity index (χ1) is 4.30. The lowest BCUT2D eigenvalue weighted by Crippen LogP contribution is -1.87. The van der Waals surface area contributed by atoms with Crippen molar-refractivity contribution in [3.05, 3.63) is 35.9 Å². The number of carbonyl (C=O) groups is 1. The lowest BCUT2D eigenvalue weighted by Gasteiger charge is -1.85. The molecule has 0 aromatic heterocycles. The third kappa shape index (κ3) is 1.35. The summed E-state index contributed by atoms with van der Waals surface area (Å²) in [6.07, 6.45) is 0. The van der Waals surface area contributed by atoms with Crippen molar-refractivity contribution >= 4 is 6.04 Å². The maximum Gasteiger partial charge on any atom is 0.332 e. The standard InChI is InChI=1S/C7H4FO/c8-7(9)6-4-2-1-3-5-6/h1-4H. The third-order valence-corrected chi connectivity index (χ3v) is 0.921. The second-order valence-corrected chi connectivity index (χ2v) is 1.55. The van der Waals surface area contributed by atoms with Gasteiger partial charge in [-0.1, -0.05) is 18.2 Å². The minimum absolute atomic E-state index is 0.0162. The fourth-order valence-corrected chi connectivity index (χ4v) is 0.516. The summed E-state index contributed by atoms with van der Waals surface area (Å²) in [4.78, 5) is 9.95. The molecular weight excluding hydrogens is 119 g/mol. The Bertz CT molecular complexity index is 205. The first-order valence-corrected chi connectivity index (χ1v) is 2.47. The van der Waals surface area contributed by atoms with E-state index in [0.717, 1.165) is 0 Å². The Labute approximate surface area is 52.1 Å². The van der Waals surface area contributed by atoms with Crippen molar-refractivity contribution < 1.29 is 9.18 Å². The van der Waals surface area contributed by atoms with E-state index in [0.29, 0.717) is 0 Å². The van der Waals surface area contributed by atoms with Crippen LogP contribution in [-0.2, 0) is 0 Å². The summed E-state index contributed by atoms with van der Waals surface area (Å²) in [7, 11) is 0. The molecule has 1 rings (SSSR count). The molecule has 0 fully saturated rings. The summed E-state index contributed by atoms with van der Waals surface area (Å²) < 4.78 is 11.8. The quantitative estimate of drug-likeness (QED) is 0.518. The summed E-state index contributed by atoms with van der Waals surface area (Å²) in [5, 5.41) is 0. The van der Waals surface area contributed by atoms with Crippen molar-refractivity contribution in [2.45, 2.75) is 0 Å². The van der Waals surface area contributed by atoms with Crippen LogP contribution in [0.15, 0.2) is 24.3 Å². The topological polar surface area (TPSA) is 17.1 Å². The highest BCUT2D eigenvalue weighted by atomic mass is 19.1. The molecule has 0 atom stereocenters. The van der Waals surface area contributed by atoms with E-state index >= 15 is 0 Å². The Hall–Kier alpha value is -1.18. The van der Waals surface area contributed by atoms with E-state index in [-0.39, 0.29) is 5.56 Å². The average Bonchev–Trinajstić information content (AvgIpc) is 1.90. The van der Waals surface area contributed by atoms with E-state index in [1.165, 1.54) is 12.1 Å². The Morgan fingerprint density at radius 2 is 2.33 bits per heavy atom. The van der Waals surface area contributed by atoms with E-state index in [9.17, 15) is 9.18 Å². The predicted octanol–water partition coefficient (Wildman–Crippen LogP) is 1.60. The van der Waals surface area contributed by atoms with Gasteiger partial charge in [-0.25, -0.2) is 0 Å². The first kappa shape index (κ1) is 5.95. The molecule has 1 aromatic carbocycles. The van der Waals surface area contributed by atoms with Crippen LogP contribution in [0.1, 0.15) is 10.4 Å². The molecule has 0 aliphatic carbocycles. The smallest absolute Gasteiger partial charge is 0.255 e. The van der Waals surface area contributed by atoms with Crippen molar-refractivity contribution in [2.24, 2.45) is 0 Å². The second kappa shape index (κ2) is 2.40. The summed E-state index contributed by atoms with van der Waals surface area (Å²) >= 11 is 0. The molecule has 0 aliphatic heterocycles. The highest BCUT2D eigenvalue weighted by Gasteiger charge is 1.98. The molecule has 0 heterocycles. The van der Waals surface area contributed by atoms with E-state index in [1.54, 1.807) is 12.1 Å². The zero-order chi connectivity index (χ0) is 6.69. The number of benzene rings is 1. The highest BCUT2D eigenvalue weighted by molar-refractivity contribution is 5.87. The number of carbonyl (C=O) groups excluding carboxylic acids is 1. The van der Waals surface area contributed by atoms with Gasteiger partial charge in [-0.05, 0) is 12.1 Å². The summed E-state index contributed by atoms with van der Waals surface area (Å²) in [5.41, 5.74) is -0.0162. The molecule has 9 heavy (non-hydrogen) atoms. The molecular formula is C7H4FO. The molecule has 1 aromatic rings. The van der Waals surface area contributed by atoms with Crippen molar-refractivity contribution in [1.29, 1.82) is 0 Å². The molecule has 1 radical (unpaired) electrons. The molecule has 2 heteroatoms. The molecule has 0 N–H and O–H groups in total. The molecule has 1 nitrogen and oxygen atoms in total. The lowest BCUT2D eigenvalue weighted by atomic mass is 10.2. The van der Waals surface area contributed by atoms with Gasteiger partial charge < -0.3 is 0 Å². The van der Waals surface area contributed by atoms with Crippen LogP contribution in [0.4, 0.5) is 4.39 Å². The minimum Gasteiger partial charge on any atom is -0.255 e. The van der Waals surface area contributed by atoms with Gasteiger partial charge in [-0.15, -0.1) is 0 Å². The molecule has 0 bridgehead atoms. The van der Waals surface area contributed by atoms with Crippen LogP contribution in [0, 0.1) is 6.07 Å². The van der Waals surface area contributed by atoms with Crippen LogP contribution in [0.25, 0.3) is 0 Å². The van der Waals surface area contributed by atoms with Gasteiger partial charge in [0.2, 0.25) is 0 Å². The van der Waals surface area contributed by atoms with Crippen LogP contribution in [0.2, 0.25) is 0 Å². The van der Waals surface area contributed by atoms with Crippen LogP contribution < -0.4 is 0 Å². The third-order valence-electron chi connectivity index (χ3n) is 0.921. The van der Waals surface area contributed by atoms with Crippen molar-refractivity contribution in [1.82, 2.24) is 0 Å². The van der Waals surface area contributed by atoms with Gasteiger partial charge in [0.1, 0.15) is 0 Å². The summed E-state index contributed by atoms with van der Waals surface area (Å²) in [6.45, 7) is 0. The van der Waals surface area contributed by atoms with Gasteiger partial charge in [-0.3, -0.25) is 4.79 Å². The van der Waals surface area contributed by atoms with Crippen LogP contribution >= 0.6 is 0 Å². The van der Waals surface area contributed by atoms with Gasteiger partial charge in [-0.2, -0.15) is 4.39 Å². The largest absolute Gasteiger partial charge is 0.332 e. The fraction of sp³-hybridized carbons (Fsp3) is 0. The summed E-state index contributed by atoms with van der Waals surface area (Å²) in [6, 6.07) is 7.14. The van der Waals surface area contributed by atoms with Gasteiger partial charge in [0.05, 0.1) is 5.56 Å². The summed E-state index contributed by atoms with van der Waals surface area (Å²) in [5.74, 6) is 0. The normalized spacial score (nSPS) is 9.00. The van der Waals surface area contributed by atoms with E-state index in [4.69, 9.17) is 0 Å². The number of hydrogen-bond donors (Lipinski definition) is 0. The predicted molar refractivity (Wildman–Crippen MR) is 30.7 cm³/mol. The van der Waals surface area contributed by atoms with Gasteiger partial charge >= 0.3 is 6.04 Å². The molecule has 45 valence electrons. The SMILES string of the molecule is O=C(F)c1[c]cccc1. The highest BCUT2D eigenvalue weighted by Crippen LogP contribution is 1.97. The fourth-order valence-electron chi connectivity index (χ4n) is 0.516. The van der Waals surface area contributed by atoms with Crippen LogP contribution in [-0.4, -0.2) is 6.04 Å². The van der Waals surface area contributed by atoms with Crippen molar-refractivity contribution in [3.8, 4) is 0 Å². The maximum absolute atomic E-state index is 11.8. The molecule has 0 aliphatic rings. The molecule has 0 amide bonds. The average molecular weight is 123 g/mol. The maximum atomic E-state index is 11.8. The second-order valence-electron chi connectivity index (χ2n) is 1.55. The molecule has 0 saturated heterocycles. The Morgan fingerprint density at radius 1 is 1.56 bits per heavy atom. The number of rotatable bonds is 1. The van der Waals surface area contributed by atoms with Gasteiger partial charge in [0.25, 0.3) is 0 Å². The Morgan fingerprint density at radius 3 is 2.67 bits per heavy atom. The molecule has 0 unspecified atom stereocenters. The van der Waals surface area contributed by atoms with E-state index in [2.05, 4.69) is 6.07 Å². The molecule has 0 spiro atoms. The van der Waals surface area contributed by atoms with Crippen LogP contribution in [0.5, 0.6) is 0 Å². The van der Waals surface area contributed by atoms with Gasteiger partial charge in [0.15, 0.2) is 0 Å². The van der Waals surface area contributed by atoms with Gasteiger partial charge in [0, 0.05) is 0 Å². The van der Waals surface area contributed by atoms with Crippen molar-refractivity contribution in [3.63, 3.8) is 0 Å². The van der Waals surface area contributed by atoms with E-state index in [1.807, 2.05) is 0 Å². The molecule has 0 saturated carbocycles. The van der Waals surface area contributed by atoms with E-state index < -0.39 is 6.04 Å². The number of halogens is 1. The van der Waals surface area contributed by atoms with Crippen molar-refractivity contribution in [2.75, 3.05) is 0 Å². The number of hydrogen-bond acceptors (Lipinski definition) is 1. The minimum atomic E-state index is -1.43.